The molecule has 184 valence electrons. The SMILES string of the molecule is C/C1=C/C[C@@H](/C(C)=C\c2csc(C)n2)OC(=O)C[C@@H](O)C(C)(C)S[C@H](C)[C@@H](O)[C@@H](C)/C=C\C1. The van der Waals surface area contributed by atoms with E-state index in [-0.39, 0.29) is 17.6 Å². The fourth-order valence-corrected chi connectivity index (χ4v) is 5.89. The summed E-state index contributed by atoms with van der Waals surface area (Å²) in [4.78, 5) is 17.3. The highest BCUT2D eigenvalue weighted by molar-refractivity contribution is 8.01. The Kier molecular flexibility index (Phi) is 10.4. The summed E-state index contributed by atoms with van der Waals surface area (Å²) in [5, 5.41) is 24.5. The maximum atomic E-state index is 12.8. The largest absolute Gasteiger partial charge is 0.457 e. The number of aromatic nitrogens is 1. The van der Waals surface area contributed by atoms with E-state index in [1.165, 1.54) is 17.3 Å². The van der Waals surface area contributed by atoms with Crippen LogP contribution < -0.4 is 0 Å². The van der Waals surface area contributed by atoms with Crippen LogP contribution in [0.4, 0.5) is 0 Å². The topological polar surface area (TPSA) is 79.7 Å². The second-order valence-corrected chi connectivity index (χ2v) is 12.7. The van der Waals surface area contributed by atoms with Crippen LogP contribution in [0.3, 0.4) is 0 Å². The van der Waals surface area contributed by atoms with E-state index in [4.69, 9.17) is 4.74 Å². The molecular formula is C26H39NO4S2. The van der Waals surface area contributed by atoms with Crippen molar-refractivity contribution in [3.05, 3.63) is 45.5 Å². The summed E-state index contributed by atoms with van der Waals surface area (Å²) in [6, 6.07) is 0. The first-order valence-electron chi connectivity index (χ1n) is 11.5. The number of allylic oxidation sites excluding steroid dienone is 2. The maximum Gasteiger partial charge on any atom is 0.309 e. The molecule has 2 N–H and O–H groups in total. The van der Waals surface area contributed by atoms with Crippen LogP contribution in [0.5, 0.6) is 0 Å². The van der Waals surface area contributed by atoms with Gasteiger partial charge < -0.3 is 14.9 Å². The molecule has 33 heavy (non-hydrogen) atoms. The second-order valence-electron chi connectivity index (χ2n) is 9.57. The third-order valence-electron chi connectivity index (χ3n) is 6.03. The number of ether oxygens (including phenoxy) is 1. The number of carbonyl (C=O) groups is 1. The first-order valence-corrected chi connectivity index (χ1v) is 13.3. The van der Waals surface area contributed by atoms with E-state index in [1.807, 2.05) is 53.0 Å². The van der Waals surface area contributed by atoms with Gasteiger partial charge >= 0.3 is 5.97 Å². The van der Waals surface area contributed by atoms with Crippen LogP contribution in [0.1, 0.15) is 71.5 Å². The zero-order valence-corrected chi connectivity index (χ0v) is 22.5. The lowest BCUT2D eigenvalue weighted by Gasteiger charge is -2.35. The quantitative estimate of drug-likeness (QED) is 0.406. The molecule has 2 rings (SSSR count). The summed E-state index contributed by atoms with van der Waals surface area (Å²) in [6.07, 6.45) is 7.57. The summed E-state index contributed by atoms with van der Waals surface area (Å²) in [5.74, 6) is -0.436. The van der Waals surface area contributed by atoms with E-state index in [0.29, 0.717) is 6.42 Å². The number of hydrogen-bond acceptors (Lipinski definition) is 7. The molecule has 1 aliphatic rings. The Morgan fingerprint density at radius 3 is 2.61 bits per heavy atom. The van der Waals surface area contributed by atoms with Crippen LogP contribution in [-0.4, -0.2) is 49.5 Å². The average Bonchev–Trinajstić information content (AvgIpc) is 3.13. The number of aliphatic hydroxyl groups excluding tert-OH is 2. The van der Waals surface area contributed by atoms with Crippen molar-refractivity contribution in [1.82, 2.24) is 4.98 Å². The van der Waals surface area contributed by atoms with Gasteiger partial charge in [0, 0.05) is 27.7 Å². The number of esters is 1. The Morgan fingerprint density at radius 1 is 1.27 bits per heavy atom. The first kappa shape index (κ1) is 27.8. The molecule has 1 aromatic heterocycles. The smallest absolute Gasteiger partial charge is 0.309 e. The molecule has 0 spiro atoms. The van der Waals surface area contributed by atoms with Crippen molar-refractivity contribution in [3.63, 3.8) is 0 Å². The Bertz CT molecular complexity index is 887. The molecule has 0 unspecified atom stereocenters. The predicted molar refractivity (Wildman–Crippen MR) is 139 cm³/mol. The number of thiazole rings is 1. The number of rotatable bonds is 2. The van der Waals surface area contributed by atoms with Crippen molar-refractivity contribution in [1.29, 1.82) is 0 Å². The number of aryl methyl sites for hydroxylation is 1. The van der Waals surface area contributed by atoms with Crippen LogP contribution in [0, 0.1) is 12.8 Å². The zero-order chi connectivity index (χ0) is 24.8. The van der Waals surface area contributed by atoms with Crippen LogP contribution >= 0.6 is 23.1 Å². The molecule has 1 aliphatic heterocycles. The van der Waals surface area contributed by atoms with E-state index in [9.17, 15) is 15.0 Å². The molecule has 0 fully saturated rings. The molecule has 0 aliphatic carbocycles. The van der Waals surface area contributed by atoms with Gasteiger partial charge in [-0.2, -0.15) is 0 Å². The Labute approximate surface area is 207 Å². The minimum absolute atomic E-state index is 0.00870. The van der Waals surface area contributed by atoms with Crippen LogP contribution in [0.2, 0.25) is 0 Å². The summed E-state index contributed by atoms with van der Waals surface area (Å²) in [7, 11) is 0. The predicted octanol–water partition coefficient (Wildman–Crippen LogP) is 5.71. The molecule has 0 aromatic carbocycles. The number of nitrogens with zero attached hydrogens (tertiary/aromatic N) is 1. The van der Waals surface area contributed by atoms with E-state index in [0.717, 1.165) is 22.7 Å². The molecule has 0 radical (unpaired) electrons. The van der Waals surface area contributed by atoms with E-state index in [1.54, 1.807) is 11.3 Å². The molecular weight excluding hydrogens is 454 g/mol. The van der Waals surface area contributed by atoms with Crippen molar-refractivity contribution < 1.29 is 19.7 Å². The molecule has 7 heteroatoms. The van der Waals surface area contributed by atoms with Gasteiger partial charge in [0.05, 0.1) is 29.3 Å². The fraction of sp³-hybridized carbons (Fsp3) is 0.615. The summed E-state index contributed by atoms with van der Waals surface area (Å²) < 4.78 is 5.24. The lowest BCUT2D eigenvalue weighted by molar-refractivity contribution is -0.149. The summed E-state index contributed by atoms with van der Waals surface area (Å²) in [5.41, 5.74) is 2.95. The van der Waals surface area contributed by atoms with Gasteiger partial charge in [-0.05, 0) is 52.7 Å². The lowest BCUT2D eigenvalue weighted by atomic mass is 10.00. The first-order chi connectivity index (χ1) is 15.4. The Balaban J connectivity index is 2.31. The third kappa shape index (κ3) is 8.71. The van der Waals surface area contributed by atoms with Gasteiger partial charge in [0.2, 0.25) is 0 Å². The van der Waals surface area contributed by atoms with Gasteiger partial charge in [0.25, 0.3) is 0 Å². The Morgan fingerprint density at radius 2 is 1.97 bits per heavy atom. The normalized spacial score (nSPS) is 33.1. The molecule has 5 nitrogen and oxygen atoms in total. The summed E-state index contributed by atoms with van der Waals surface area (Å²) in [6.45, 7) is 13.8. The second kappa shape index (κ2) is 12.3. The molecule has 1 aromatic rings. The van der Waals surface area contributed by atoms with Gasteiger partial charge in [-0.25, -0.2) is 4.98 Å². The number of aliphatic hydroxyl groups is 2. The van der Waals surface area contributed by atoms with Crippen molar-refractivity contribution in [2.24, 2.45) is 5.92 Å². The average molecular weight is 494 g/mol. The van der Waals surface area contributed by atoms with Gasteiger partial charge in [-0.15, -0.1) is 23.1 Å². The van der Waals surface area contributed by atoms with Crippen molar-refractivity contribution in [2.45, 2.75) is 96.0 Å². The van der Waals surface area contributed by atoms with Crippen molar-refractivity contribution in [3.8, 4) is 0 Å². The third-order valence-corrected chi connectivity index (χ3v) is 8.35. The standard InChI is InChI=1S/C26H39NO4S2/c1-16-9-8-10-17(2)25(30)19(4)33-26(6,7)23(28)14-24(29)31-22(12-11-16)18(3)13-21-15-32-20(5)27-21/h8,10-11,13,15,17,19,22-23,25,28,30H,9,12,14H2,1-7H3/b10-8-,16-11-,18-13-/t17-,19+,22-,23+,25-/m0/s1. The molecule has 5 atom stereocenters. The monoisotopic (exact) mass is 493 g/mol. The van der Waals surface area contributed by atoms with Gasteiger partial charge in [0.1, 0.15) is 6.10 Å². The Hall–Kier alpha value is -1.41. The van der Waals surface area contributed by atoms with Crippen LogP contribution in [-0.2, 0) is 9.53 Å². The van der Waals surface area contributed by atoms with Crippen LogP contribution in [0.25, 0.3) is 6.08 Å². The van der Waals surface area contributed by atoms with E-state index < -0.39 is 29.0 Å². The molecule has 0 saturated carbocycles. The van der Waals surface area contributed by atoms with Crippen LogP contribution in [0.15, 0.2) is 34.8 Å². The highest BCUT2D eigenvalue weighted by atomic mass is 32.2. The van der Waals surface area contributed by atoms with Gasteiger partial charge in [-0.3, -0.25) is 4.79 Å². The lowest BCUT2D eigenvalue weighted by Crippen LogP contribution is -2.40. The molecule has 0 amide bonds. The molecule has 2 heterocycles. The number of hydrogen-bond donors (Lipinski definition) is 2. The summed E-state index contributed by atoms with van der Waals surface area (Å²) >= 11 is 3.08. The van der Waals surface area contributed by atoms with Crippen molar-refractivity contribution in [2.75, 3.05) is 0 Å². The maximum absolute atomic E-state index is 12.8. The van der Waals surface area contributed by atoms with Crippen molar-refractivity contribution >= 4 is 35.1 Å². The molecule has 0 bridgehead atoms. The van der Waals surface area contributed by atoms with E-state index in [2.05, 4.69) is 30.1 Å². The highest BCUT2D eigenvalue weighted by Crippen LogP contribution is 2.36. The van der Waals surface area contributed by atoms with Gasteiger partial charge in [0.15, 0.2) is 0 Å². The highest BCUT2D eigenvalue weighted by Gasteiger charge is 2.35. The minimum atomic E-state index is -0.896. The molecule has 0 saturated heterocycles. The van der Waals surface area contributed by atoms with E-state index >= 15 is 0 Å². The van der Waals surface area contributed by atoms with Gasteiger partial charge in [-0.1, -0.05) is 37.6 Å². The zero-order valence-electron chi connectivity index (χ0n) is 20.9. The number of carbonyl (C=O) groups excluding carboxylic acids is 1. The fourth-order valence-electron chi connectivity index (χ4n) is 3.74. The number of thioether (sulfide) groups is 1. The minimum Gasteiger partial charge on any atom is -0.457 e. The number of cyclic esters (lactones) is 1.